The smallest absolute Gasteiger partial charge is 0.250 e. The van der Waals surface area contributed by atoms with Gasteiger partial charge in [0.15, 0.2) is 0 Å². The normalized spacial score (nSPS) is 13.4. The van der Waals surface area contributed by atoms with Crippen LogP contribution < -0.4 is 4.72 Å². The van der Waals surface area contributed by atoms with E-state index < -0.39 is 16.1 Å². The van der Waals surface area contributed by atoms with E-state index in [1.165, 1.54) is 11.8 Å². The number of hydrogen-bond acceptors (Lipinski definition) is 4. The molecule has 0 aromatic carbocycles. The number of hydrogen-bond donors (Lipinski definition) is 1. The Bertz CT molecular complexity index is 532. The lowest BCUT2D eigenvalue weighted by atomic mass is 10.3. The van der Waals surface area contributed by atoms with Gasteiger partial charge in [-0.25, -0.2) is 8.42 Å². The van der Waals surface area contributed by atoms with E-state index in [-0.39, 0.29) is 10.1 Å². The summed E-state index contributed by atoms with van der Waals surface area (Å²) in [4.78, 5) is 13.0. The van der Waals surface area contributed by atoms with Crippen LogP contribution in [0, 0.1) is 6.92 Å². The van der Waals surface area contributed by atoms with Gasteiger partial charge in [-0.3, -0.25) is 4.79 Å². The molecule has 1 rings (SSSR count). The van der Waals surface area contributed by atoms with E-state index in [4.69, 9.17) is 0 Å². The molecule has 0 spiro atoms. The minimum absolute atomic E-state index is 0.199. The third kappa shape index (κ3) is 3.53. The Labute approximate surface area is 119 Å². The number of rotatable bonds is 4. The molecule has 0 aliphatic heterocycles. The minimum Gasteiger partial charge on any atom is -0.347 e. The maximum atomic E-state index is 12.0. The molecule has 102 valence electrons. The summed E-state index contributed by atoms with van der Waals surface area (Å²) in [5.74, 6) is -0.286. The zero-order valence-corrected chi connectivity index (χ0v) is 13.7. The minimum atomic E-state index is -3.65. The summed E-state index contributed by atoms with van der Waals surface area (Å²) in [6.07, 6.45) is 0. The number of thiophene rings is 1. The quantitative estimate of drug-likeness (QED) is 0.892. The summed E-state index contributed by atoms with van der Waals surface area (Å²) in [7, 11) is -0.484. The second-order valence-electron chi connectivity index (χ2n) is 4.10. The van der Waals surface area contributed by atoms with Crippen molar-refractivity contribution in [3.8, 4) is 0 Å². The van der Waals surface area contributed by atoms with Gasteiger partial charge >= 0.3 is 0 Å². The zero-order valence-electron chi connectivity index (χ0n) is 10.5. The van der Waals surface area contributed by atoms with Gasteiger partial charge in [0, 0.05) is 14.1 Å². The average molecular weight is 355 g/mol. The second kappa shape index (κ2) is 5.68. The highest BCUT2D eigenvalue weighted by atomic mass is 79.9. The fourth-order valence-electron chi connectivity index (χ4n) is 1.29. The van der Waals surface area contributed by atoms with Crippen LogP contribution in [-0.2, 0) is 14.8 Å². The number of carbonyl (C=O) groups is 1. The molecular weight excluding hydrogens is 340 g/mol. The van der Waals surface area contributed by atoms with Crippen LogP contribution in [0.4, 0.5) is 0 Å². The number of aryl methyl sites for hydroxylation is 1. The number of nitrogens with one attached hydrogen (secondary N) is 1. The standard InChI is InChI=1S/C10H15BrN2O3S2/c1-6-5-8(17-9(6)11)18(15,16)12-7(2)10(14)13(3)4/h5,7,12H,1-4H3. The van der Waals surface area contributed by atoms with Crippen molar-refractivity contribution in [2.75, 3.05) is 14.1 Å². The molecule has 0 saturated carbocycles. The molecule has 8 heteroatoms. The number of nitrogens with zero attached hydrogens (tertiary/aromatic N) is 1. The van der Waals surface area contributed by atoms with Gasteiger partial charge in [0.25, 0.3) is 10.0 Å². The molecule has 0 radical (unpaired) electrons. The fraction of sp³-hybridized carbons (Fsp3) is 0.500. The number of amides is 1. The number of sulfonamides is 1. The van der Waals surface area contributed by atoms with Crippen LogP contribution in [0.15, 0.2) is 14.1 Å². The topological polar surface area (TPSA) is 66.5 Å². The van der Waals surface area contributed by atoms with Crippen molar-refractivity contribution >= 4 is 43.2 Å². The van der Waals surface area contributed by atoms with E-state index in [0.717, 1.165) is 20.7 Å². The highest BCUT2D eigenvalue weighted by Gasteiger charge is 2.24. The Morgan fingerprint density at radius 3 is 2.44 bits per heavy atom. The van der Waals surface area contributed by atoms with Gasteiger partial charge in [-0.15, -0.1) is 11.3 Å². The van der Waals surface area contributed by atoms with Gasteiger partial charge in [0.2, 0.25) is 5.91 Å². The van der Waals surface area contributed by atoms with Crippen LogP contribution in [0.3, 0.4) is 0 Å². The Kier molecular flexibility index (Phi) is 4.93. The predicted octanol–water partition coefficient (Wildman–Crippen LogP) is 1.57. The third-order valence-electron chi connectivity index (χ3n) is 2.24. The molecule has 1 N–H and O–H groups in total. The molecule has 0 saturated heterocycles. The first kappa shape index (κ1) is 15.6. The Morgan fingerprint density at radius 2 is 2.06 bits per heavy atom. The molecule has 0 aliphatic carbocycles. The third-order valence-corrected chi connectivity index (χ3v) is 6.39. The molecule has 0 aliphatic rings. The first-order chi connectivity index (χ1) is 8.15. The summed E-state index contributed by atoms with van der Waals surface area (Å²) >= 11 is 4.40. The second-order valence-corrected chi connectivity index (χ2v) is 8.41. The van der Waals surface area contributed by atoms with Crippen molar-refractivity contribution in [1.29, 1.82) is 0 Å². The lowest BCUT2D eigenvalue weighted by Gasteiger charge is -2.17. The van der Waals surface area contributed by atoms with Gasteiger partial charge in [-0.1, -0.05) is 0 Å². The number of carbonyl (C=O) groups excluding carboxylic acids is 1. The molecule has 1 atom stereocenters. The molecule has 5 nitrogen and oxygen atoms in total. The molecule has 1 amide bonds. The molecule has 18 heavy (non-hydrogen) atoms. The fourth-order valence-corrected chi connectivity index (χ4v) is 4.73. The van der Waals surface area contributed by atoms with Crippen molar-refractivity contribution in [3.05, 3.63) is 15.4 Å². The van der Waals surface area contributed by atoms with Crippen LogP contribution in [0.25, 0.3) is 0 Å². The van der Waals surface area contributed by atoms with Crippen molar-refractivity contribution in [2.24, 2.45) is 0 Å². The highest BCUT2D eigenvalue weighted by molar-refractivity contribution is 9.11. The van der Waals surface area contributed by atoms with E-state index in [9.17, 15) is 13.2 Å². The van der Waals surface area contributed by atoms with E-state index in [2.05, 4.69) is 20.7 Å². The molecule has 1 unspecified atom stereocenters. The van der Waals surface area contributed by atoms with Gasteiger partial charge in [-0.05, 0) is 41.4 Å². The summed E-state index contributed by atoms with van der Waals surface area (Å²) in [6.45, 7) is 3.34. The number of halogens is 1. The highest BCUT2D eigenvalue weighted by Crippen LogP contribution is 2.30. The molecule has 0 bridgehead atoms. The monoisotopic (exact) mass is 354 g/mol. The maximum Gasteiger partial charge on any atom is 0.250 e. The largest absolute Gasteiger partial charge is 0.347 e. The van der Waals surface area contributed by atoms with Gasteiger partial charge < -0.3 is 4.90 Å². The lowest BCUT2D eigenvalue weighted by Crippen LogP contribution is -2.43. The molecular formula is C10H15BrN2O3S2. The summed E-state index contributed by atoms with van der Waals surface area (Å²) < 4.78 is 27.4. The Hall–Kier alpha value is -0.440. The van der Waals surface area contributed by atoms with E-state index in [0.29, 0.717) is 0 Å². The van der Waals surface area contributed by atoms with Gasteiger partial charge in [-0.2, -0.15) is 4.72 Å². The van der Waals surface area contributed by atoms with Crippen LogP contribution in [-0.4, -0.2) is 39.4 Å². The average Bonchev–Trinajstić information content (AvgIpc) is 2.58. The molecule has 1 aromatic heterocycles. The van der Waals surface area contributed by atoms with Crippen LogP contribution >= 0.6 is 27.3 Å². The maximum absolute atomic E-state index is 12.0. The van der Waals surface area contributed by atoms with Crippen LogP contribution in [0.5, 0.6) is 0 Å². The lowest BCUT2D eigenvalue weighted by molar-refractivity contribution is -0.130. The first-order valence-electron chi connectivity index (χ1n) is 5.14. The summed E-state index contributed by atoms with van der Waals surface area (Å²) in [6, 6.07) is 0.787. The first-order valence-corrected chi connectivity index (χ1v) is 8.24. The predicted molar refractivity (Wildman–Crippen MR) is 75.2 cm³/mol. The molecule has 1 heterocycles. The van der Waals surface area contributed by atoms with Crippen molar-refractivity contribution in [2.45, 2.75) is 24.1 Å². The van der Waals surface area contributed by atoms with Crippen molar-refractivity contribution in [3.63, 3.8) is 0 Å². The molecule has 0 fully saturated rings. The SMILES string of the molecule is Cc1cc(S(=O)(=O)NC(C)C(=O)N(C)C)sc1Br. The van der Waals surface area contributed by atoms with E-state index in [1.807, 2.05) is 6.92 Å². The summed E-state index contributed by atoms with van der Waals surface area (Å²) in [5.41, 5.74) is 0.854. The zero-order chi connectivity index (χ0) is 14.1. The van der Waals surface area contributed by atoms with Crippen molar-refractivity contribution < 1.29 is 13.2 Å². The Balaban J connectivity index is 2.92. The van der Waals surface area contributed by atoms with E-state index >= 15 is 0 Å². The molecule has 1 aromatic rings. The van der Waals surface area contributed by atoms with Gasteiger partial charge in [0.1, 0.15) is 4.21 Å². The van der Waals surface area contributed by atoms with Gasteiger partial charge in [0.05, 0.1) is 9.83 Å². The Morgan fingerprint density at radius 1 is 1.50 bits per heavy atom. The van der Waals surface area contributed by atoms with E-state index in [1.54, 1.807) is 20.2 Å². The number of likely N-dealkylation sites (N-methyl/N-ethyl adjacent to an activating group) is 1. The summed E-state index contributed by atoms with van der Waals surface area (Å²) in [5, 5.41) is 0. The van der Waals surface area contributed by atoms with Crippen LogP contribution in [0.1, 0.15) is 12.5 Å². The van der Waals surface area contributed by atoms with Crippen LogP contribution in [0.2, 0.25) is 0 Å². The van der Waals surface area contributed by atoms with Crippen molar-refractivity contribution in [1.82, 2.24) is 9.62 Å².